The van der Waals surface area contributed by atoms with Crippen LogP contribution >= 0.6 is 0 Å². The maximum Gasteiger partial charge on any atom is 0.403 e. The van der Waals surface area contributed by atoms with Gasteiger partial charge in [0.1, 0.15) is 29.4 Å². The topological polar surface area (TPSA) is 121 Å². The van der Waals surface area contributed by atoms with Crippen molar-refractivity contribution in [2.24, 2.45) is 5.92 Å². The van der Waals surface area contributed by atoms with E-state index in [1.165, 1.54) is 6.33 Å². The molecular weight excluding hydrogens is 485 g/mol. The Kier molecular flexibility index (Phi) is 6.74. The number of nitrogens with one attached hydrogen (secondary N) is 4. The van der Waals surface area contributed by atoms with Gasteiger partial charge in [-0.1, -0.05) is 6.07 Å². The van der Waals surface area contributed by atoms with Crippen LogP contribution in [0, 0.1) is 12.8 Å². The molecular formula is C25H25F3N8O. The van der Waals surface area contributed by atoms with Gasteiger partial charge in [-0.05, 0) is 62.1 Å². The number of halogens is 3. The van der Waals surface area contributed by atoms with E-state index in [9.17, 15) is 18.0 Å². The van der Waals surface area contributed by atoms with Crippen molar-refractivity contribution in [3.63, 3.8) is 0 Å². The Morgan fingerprint density at radius 2 is 2.03 bits per heavy atom. The van der Waals surface area contributed by atoms with Crippen LogP contribution in [0.5, 0.6) is 0 Å². The number of aryl methyl sites for hydroxylation is 1. The van der Waals surface area contributed by atoms with Gasteiger partial charge in [0, 0.05) is 29.6 Å². The normalized spacial score (nSPS) is 18.1. The van der Waals surface area contributed by atoms with Crippen LogP contribution < -0.4 is 16.0 Å². The van der Waals surface area contributed by atoms with E-state index in [1.54, 1.807) is 30.7 Å². The average Bonchev–Trinajstić information content (AvgIpc) is 3.35. The third-order valence-corrected chi connectivity index (χ3v) is 6.44. The number of carbonyl (C=O) groups excluding carboxylic acids is 1. The van der Waals surface area contributed by atoms with E-state index in [0.29, 0.717) is 40.5 Å². The standard InChI is InChI=1S/C25H25F3N8O/c1-14-4-5-16(35-20(37)10-15-6-8-29-19(9-15)25(26,27)28)11-18(14)36-23-17(3-2-7-30-23)21-22-24(33-12-31-21)34-13-32-22/h2-5,7,11-13,15,19,29H,6,8-10H2,1H3,(H,30,36)(H,35,37)(H,31,32,33,34)/t15-,19+/m0/s1. The highest BCUT2D eigenvalue weighted by Crippen LogP contribution is 2.33. The number of amides is 1. The molecule has 0 spiro atoms. The summed E-state index contributed by atoms with van der Waals surface area (Å²) in [5.74, 6) is -0.0977. The minimum absolute atomic E-state index is 0.0309. The van der Waals surface area contributed by atoms with Gasteiger partial charge < -0.3 is 20.9 Å². The first kappa shape index (κ1) is 24.6. The number of imidazole rings is 1. The average molecular weight is 511 g/mol. The molecule has 0 bridgehead atoms. The summed E-state index contributed by atoms with van der Waals surface area (Å²) in [6.07, 6.45) is 0.786. The molecule has 3 aromatic heterocycles. The minimum atomic E-state index is -4.31. The van der Waals surface area contributed by atoms with Gasteiger partial charge in [-0.2, -0.15) is 13.2 Å². The molecule has 37 heavy (non-hydrogen) atoms. The van der Waals surface area contributed by atoms with E-state index in [0.717, 1.165) is 11.1 Å². The molecule has 5 rings (SSSR count). The highest BCUT2D eigenvalue weighted by Gasteiger charge is 2.42. The molecule has 1 aromatic carbocycles. The summed E-state index contributed by atoms with van der Waals surface area (Å²) in [7, 11) is 0. The number of alkyl halides is 3. The molecule has 0 radical (unpaired) electrons. The molecule has 2 atom stereocenters. The number of benzene rings is 1. The number of rotatable bonds is 6. The molecule has 9 nitrogen and oxygen atoms in total. The van der Waals surface area contributed by atoms with Gasteiger partial charge in [0.05, 0.1) is 6.33 Å². The molecule has 0 aliphatic carbocycles. The number of hydrogen-bond acceptors (Lipinski definition) is 7. The van der Waals surface area contributed by atoms with Gasteiger partial charge in [0.2, 0.25) is 5.91 Å². The monoisotopic (exact) mass is 510 g/mol. The van der Waals surface area contributed by atoms with Crippen LogP contribution in [0.2, 0.25) is 0 Å². The van der Waals surface area contributed by atoms with Crippen molar-refractivity contribution in [1.29, 1.82) is 0 Å². The van der Waals surface area contributed by atoms with Crippen molar-refractivity contribution in [2.45, 2.75) is 38.4 Å². The molecule has 192 valence electrons. The lowest BCUT2D eigenvalue weighted by Crippen LogP contribution is -2.48. The molecule has 4 heterocycles. The molecule has 4 aromatic rings. The van der Waals surface area contributed by atoms with Crippen molar-refractivity contribution in [3.8, 4) is 11.3 Å². The Morgan fingerprint density at radius 3 is 2.86 bits per heavy atom. The summed E-state index contributed by atoms with van der Waals surface area (Å²) in [4.78, 5) is 33.0. The van der Waals surface area contributed by atoms with Gasteiger partial charge in [0.15, 0.2) is 5.65 Å². The van der Waals surface area contributed by atoms with Crippen molar-refractivity contribution >= 4 is 34.3 Å². The number of piperidine rings is 1. The summed E-state index contributed by atoms with van der Waals surface area (Å²) < 4.78 is 39.2. The second kappa shape index (κ2) is 10.1. The first-order valence-corrected chi connectivity index (χ1v) is 11.8. The summed E-state index contributed by atoms with van der Waals surface area (Å²) in [6.45, 7) is 2.16. The number of nitrogens with zero attached hydrogens (tertiary/aromatic N) is 4. The van der Waals surface area contributed by atoms with E-state index < -0.39 is 12.2 Å². The second-order valence-electron chi connectivity index (χ2n) is 9.07. The van der Waals surface area contributed by atoms with E-state index in [-0.39, 0.29) is 31.2 Å². The van der Waals surface area contributed by atoms with Gasteiger partial charge in [-0.25, -0.2) is 19.9 Å². The van der Waals surface area contributed by atoms with Crippen LogP contribution in [-0.4, -0.2) is 49.6 Å². The fourth-order valence-corrected chi connectivity index (χ4v) is 4.53. The van der Waals surface area contributed by atoms with Crippen molar-refractivity contribution < 1.29 is 18.0 Å². The molecule has 1 aliphatic heterocycles. The molecule has 0 unspecified atom stereocenters. The lowest BCUT2D eigenvalue weighted by molar-refractivity contribution is -0.164. The van der Waals surface area contributed by atoms with E-state index in [1.807, 2.05) is 19.1 Å². The fraction of sp³-hybridized carbons (Fsp3) is 0.320. The van der Waals surface area contributed by atoms with Gasteiger partial charge in [-0.3, -0.25) is 4.79 Å². The SMILES string of the molecule is Cc1ccc(NC(=O)C[C@H]2CCN[C@@H](C(F)(F)F)C2)cc1Nc1ncccc1-c1ncnc2nc[nH]c12. The van der Waals surface area contributed by atoms with Crippen molar-refractivity contribution in [2.75, 3.05) is 17.2 Å². The summed E-state index contributed by atoms with van der Waals surface area (Å²) in [6, 6.07) is 7.50. The minimum Gasteiger partial charge on any atom is -0.341 e. The molecule has 4 N–H and O–H groups in total. The number of anilines is 3. The Morgan fingerprint density at radius 1 is 1.16 bits per heavy atom. The Balaban J connectivity index is 1.32. The quantitative estimate of drug-likeness (QED) is 0.296. The number of aromatic amines is 1. The van der Waals surface area contributed by atoms with Crippen LogP contribution in [0.15, 0.2) is 49.2 Å². The van der Waals surface area contributed by atoms with E-state index in [2.05, 4.69) is 40.9 Å². The molecule has 1 fully saturated rings. The number of hydrogen-bond donors (Lipinski definition) is 4. The maximum absolute atomic E-state index is 13.1. The van der Waals surface area contributed by atoms with Gasteiger partial charge in [-0.15, -0.1) is 0 Å². The summed E-state index contributed by atoms with van der Waals surface area (Å²) in [5, 5.41) is 8.64. The Bertz CT molecular complexity index is 1420. The van der Waals surface area contributed by atoms with Gasteiger partial charge >= 0.3 is 6.18 Å². The predicted octanol–water partition coefficient (Wildman–Crippen LogP) is 4.73. The predicted molar refractivity (Wildman–Crippen MR) is 133 cm³/mol. The number of fused-ring (bicyclic) bond motifs is 1. The lowest BCUT2D eigenvalue weighted by atomic mass is 9.89. The second-order valence-corrected chi connectivity index (χ2v) is 9.07. The number of carbonyl (C=O) groups is 1. The number of pyridine rings is 1. The smallest absolute Gasteiger partial charge is 0.341 e. The molecule has 1 aliphatic rings. The first-order valence-electron chi connectivity index (χ1n) is 11.8. The summed E-state index contributed by atoms with van der Waals surface area (Å²) >= 11 is 0. The first-order chi connectivity index (χ1) is 17.8. The Labute approximate surface area is 210 Å². The van der Waals surface area contributed by atoms with Crippen molar-refractivity contribution in [3.05, 3.63) is 54.7 Å². The third kappa shape index (κ3) is 5.53. The molecule has 1 amide bonds. The van der Waals surface area contributed by atoms with Crippen LogP contribution in [-0.2, 0) is 4.79 Å². The Hall–Kier alpha value is -4.06. The van der Waals surface area contributed by atoms with E-state index in [4.69, 9.17) is 0 Å². The third-order valence-electron chi connectivity index (χ3n) is 6.44. The zero-order valence-corrected chi connectivity index (χ0v) is 19.9. The number of aromatic nitrogens is 5. The zero-order valence-electron chi connectivity index (χ0n) is 19.9. The highest BCUT2D eigenvalue weighted by atomic mass is 19.4. The maximum atomic E-state index is 13.1. The van der Waals surface area contributed by atoms with Gasteiger partial charge in [0.25, 0.3) is 0 Å². The molecule has 1 saturated heterocycles. The van der Waals surface area contributed by atoms with Crippen LogP contribution in [0.1, 0.15) is 24.8 Å². The molecule has 12 heteroatoms. The van der Waals surface area contributed by atoms with Crippen LogP contribution in [0.4, 0.5) is 30.4 Å². The fourth-order valence-electron chi connectivity index (χ4n) is 4.53. The highest BCUT2D eigenvalue weighted by molar-refractivity contribution is 5.93. The largest absolute Gasteiger partial charge is 0.403 e. The zero-order chi connectivity index (χ0) is 26.0. The van der Waals surface area contributed by atoms with Crippen molar-refractivity contribution in [1.82, 2.24) is 30.2 Å². The van der Waals surface area contributed by atoms with E-state index >= 15 is 0 Å². The number of H-pyrrole nitrogens is 1. The van der Waals surface area contributed by atoms with Crippen LogP contribution in [0.25, 0.3) is 22.4 Å². The lowest BCUT2D eigenvalue weighted by Gasteiger charge is -2.31. The molecule has 0 saturated carbocycles. The van der Waals surface area contributed by atoms with Crippen LogP contribution in [0.3, 0.4) is 0 Å². The summed E-state index contributed by atoms with van der Waals surface area (Å²) in [5.41, 5.74) is 4.76.